The van der Waals surface area contributed by atoms with E-state index in [2.05, 4.69) is 4.98 Å². The molecule has 0 unspecified atom stereocenters. The molecule has 0 aromatic carbocycles. The molecule has 11 heavy (non-hydrogen) atoms. The summed E-state index contributed by atoms with van der Waals surface area (Å²) in [6.07, 6.45) is 1.77. The second kappa shape index (κ2) is 3.00. The van der Waals surface area contributed by atoms with Crippen molar-refractivity contribution in [1.82, 2.24) is 9.55 Å². The molecule has 0 aliphatic heterocycles. The fraction of sp³-hybridized carbons (Fsp3) is 0.429. The van der Waals surface area contributed by atoms with Gasteiger partial charge in [-0.1, -0.05) is 0 Å². The van der Waals surface area contributed by atoms with E-state index in [4.69, 9.17) is 12.2 Å². The van der Waals surface area contributed by atoms with Crippen LogP contribution in [0.15, 0.2) is 11.0 Å². The van der Waals surface area contributed by atoms with Crippen LogP contribution in [0.1, 0.15) is 12.5 Å². The Labute approximate surface area is 69.7 Å². The summed E-state index contributed by atoms with van der Waals surface area (Å²) in [4.78, 5) is 13.6. The molecule has 0 spiro atoms. The SMILES string of the molecule is CCn1cc(C)c(=O)[nH]c1=S. The summed E-state index contributed by atoms with van der Waals surface area (Å²) < 4.78 is 2.31. The van der Waals surface area contributed by atoms with Gasteiger partial charge in [-0.3, -0.25) is 9.78 Å². The number of aromatic amines is 1. The van der Waals surface area contributed by atoms with E-state index in [1.54, 1.807) is 13.1 Å². The summed E-state index contributed by atoms with van der Waals surface area (Å²) in [6, 6.07) is 0. The first-order valence-corrected chi connectivity index (χ1v) is 3.86. The van der Waals surface area contributed by atoms with Crippen molar-refractivity contribution < 1.29 is 0 Å². The number of H-pyrrole nitrogens is 1. The lowest BCUT2D eigenvalue weighted by Crippen LogP contribution is -2.14. The average Bonchev–Trinajstić information content (AvgIpc) is 1.97. The quantitative estimate of drug-likeness (QED) is 0.644. The molecule has 1 aromatic heterocycles. The molecule has 0 saturated heterocycles. The lowest BCUT2D eigenvalue weighted by atomic mass is 10.4. The number of nitrogens with zero attached hydrogens (tertiary/aromatic N) is 1. The van der Waals surface area contributed by atoms with Crippen molar-refractivity contribution >= 4 is 12.2 Å². The van der Waals surface area contributed by atoms with Crippen LogP contribution in [0.4, 0.5) is 0 Å². The molecule has 0 fully saturated rings. The number of aromatic nitrogens is 2. The lowest BCUT2D eigenvalue weighted by molar-refractivity contribution is 0.709. The molecule has 1 rings (SSSR count). The molecule has 0 aliphatic rings. The zero-order chi connectivity index (χ0) is 8.43. The van der Waals surface area contributed by atoms with E-state index in [1.165, 1.54) is 0 Å². The van der Waals surface area contributed by atoms with Gasteiger partial charge in [-0.15, -0.1) is 0 Å². The van der Waals surface area contributed by atoms with Crippen molar-refractivity contribution in [2.45, 2.75) is 20.4 Å². The third kappa shape index (κ3) is 1.57. The molecular formula is C7H10N2OS. The molecule has 0 bridgehead atoms. The van der Waals surface area contributed by atoms with Crippen molar-refractivity contribution in [2.24, 2.45) is 0 Å². The summed E-state index contributed by atoms with van der Waals surface area (Å²) in [5.74, 6) is 0. The van der Waals surface area contributed by atoms with Crippen LogP contribution in [0.25, 0.3) is 0 Å². The smallest absolute Gasteiger partial charge is 0.254 e. The van der Waals surface area contributed by atoms with Crippen molar-refractivity contribution in [2.75, 3.05) is 0 Å². The first-order chi connectivity index (χ1) is 5.15. The molecule has 0 amide bonds. The van der Waals surface area contributed by atoms with E-state index < -0.39 is 0 Å². The zero-order valence-electron chi connectivity index (χ0n) is 6.55. The minimum absolute atomic E-state index is 0.0975. The predicted molar refractivity (Wildman–Crippen MR) is 46.3 cm³/mol. The van der Waals surface area contributed by atoms with E-state index in [0.29, 0.717) is 10.3 Å². The Morgan fingerprint density at radius 2 is 2.36 bits per heavy atom. The number of nitrogens with one attached hydrogen (secondary N) is 1. The van der Waals surface area contributed by atoms with Crippen LogP contribution in [-0.4, -0.2) is 9.55 Å². The van der Waals surface area contributed by atoms with Gasteiger partial charge in [0.05, 0.1) is 0 Å². The van der Waals surface area contributed by atoms with Crippen LogP contribution in [-0.2, 0) is 6.54 Å². The second-order valence-electron chi connectivity index (χ2n) is 2.36. The van der Waals surface area contributed by atoms with Gasteiger partial charge in [0.1, 0.15) is 0 Å². The second-order valence-corrected chi connectivity index (χ2v) is 2.74. The minimum atomic E-state index is -0.0975. The Bertz CT molecular complexity index is 363. The molecule has 0 radical (unpaired) electrons. The van der Waals surface area contributed by atoms with Gasteiger partial charge in [0.25, 0.3) is 5.56 Å². The normalized spacial score (nSPS) is 10.0. The molecular weight excluding hydrogens is 160 g/mol. The molecule has 3 nitrogen and oxygen atoms in total. The van der Waals surface area contributed by atoms with Crippen LogP contribution in [0.3, 0.4) is 0 Å². The number of hydrogen-bond donors (Lipinski definition) is 1. The molecule has 0 saturated carbocycles. The van der Waals surface area contributed by atoms with Gasteiger partial charge in [0.15, 0.2) is 4.77 Å². The van der Waals surface area contributed by atoms with Crippen molar-refractivity contribution in [3.63, 3.8) is 0 Å². The maximum absolute atomic E-state index is 11.0. The maximum Gasteiger partial charge on any atom is 0.254 e. The van der Waals surface area contributed by atoms with Gasteiger partial charge < -0.3 is 4.57 Å². The summed E-state index contributed by atoms with van der Waals surface area (Å²) >= 11 is 4.91. The highest BCUT2D eigenvalue weighted by molar-refractivity contribution is 7.71. The summed E-state index contributed by atoms with van der Waals surface area (Å²) in [7, 11) is 0. The fourth-order valence-corrected chi connectivity index (χ4v) is 1.13. The Morgan fingerprint density at radius 3 is 2.91 bits per heavy atom. The molecule has 1 aromatic rings. The van der Waals surface area contributed by atoms with E-state index in [0.717, 1.165) is 6.54 Å². The first kappa shape index (κ1) is 8.20. The number of rotatable bonds is 1. The van der Waals surface area contributed by atoms with Crippen molar-refractivity contribution in [3.8, 4) is 0 Å². The van der Waals surface area contributed by atoms with Gasteiger partial charge in [-0.2, -0.15) is 0 Å². The van der Waals surface area contributed by atoms with E-state index in [9.17, 15) is 4.79 Å². The van der Waals surface area contributed by atoms with Crippen molar-refractivity contribution in [3.05, 3.63) is 26.9 Å². The van der Waals surface area contributed by atoms with Gasteiger partial charge in [0.2, 0.25) is 0 Å². The molecule has 60 valence electrons. The van der Waals surface area contributed by atoms with Crippen LogP contribution < -0.4 is 5.56 Å². The Morgan fingerprint density at radius 1 is 1.73 bits per heavy atom. The highest BCUT2D eigenvalue weighted by Gasteiger charge is 1.94. The van der Waals surface area contributed by atoms with E-state index >= 15 is 0 Å². The van der Waals surface area contributed by atoms with Gasteiger partial charge in [-0.25, -0.2) is 0 Å². The number of aryl methyl sites for hydroxylation is 2. The van der Waals surface area contributed by atoms with Crippen LogP contribution >= 0.6 is 12.2 Å². The third-order valence-electron chi connectivity index (χ3n) is 1.53. The Hall–Kier alpha value is -0.900. The zero-order valence-corrected chi connectivity index (χ0v) is 7.36. The Kier molecular flexibility index (Phi) is 2.24. The topological polar surface area (TPSA) is 37.8 Å². The highest BCUT2D eigenvalue weighted by Crippen LogP contribution is 1.89. The monoisotopic (exact) mass is 170 g/mol. The first-order valence-electron chi connectivity index (χ1n) is 3.45. The van der Waals surface area contributed by atoms with Gasteiger partial charge in [0, 0.05) is 18.3 Å². The van der Waals surface area contributed by atoms with E-state index in [-0.39, 0.29) is 5.56 Å². The lowest BCUT2D eigenvalue weighted by Gasteiger charge is -2.01. The van der Waals surface area contributed by atoms with Gasteiger partial charge in [-0.05, 0) is 26.1 Å². The third-order valence-corrected chi connectivity index (χ3v) is 1.87. The fourth-order valence-electron chi connectivity index (χ4n) is 0.853. The van der Waals surface area contributed by atoms with E-state index in [1.807, 2.05) is 11.5 Å². The molecule has 1 N–H and O–H groups in total. The largest absolute Gasteiger partial charge is 0.325 e. The number of hydrogen-bond acceptors (Lipinski definition) is 2. The van der Waals surface area contributed by atoms with Crippen molar-refractivity contribution in [1.29, 1.82) is 0 Å². The molecule has 4 heteroatoms. The summed E-state index contributed by atoms with van der Waals surface area (Å²) in [5.41, 5.74) is 0.597. The Balaban J connectivity index is 3.45. The molecule has 1 heterocycles. The summed E-state index contributed by atoms with van der Waals surface area (Å²) in [5, 5.41) is 0. The highest BCUT2D eigenvalue weighted by atomic mass is 32.1. The minimum Gasteiger partial charge on any atom is -0.325 e. The standard InChI is InChI=1S/C7H10N2OS/c1-3-9-4-5(2)6(10)8-7(9)11/h4H,3H2,1-2H3,(H,8,10,11). The summed E-state index contributed by atoms with van der Waals surface area (Å²) in [6.45, 7) is 4.53. The average molecular weight is 170 g/mol. The van der Waals surface area contributed by atoms with Crippen LogP contribution in [0.5, 0.6) is 0 Å². The van der Waals surface area contributed by atoms with Crippen LogP contribution in [0.2, 0.25) is 0 Å². The van der Waals surface area contributed by atoms with Gasteiger partial charge >= 0.3 is 0 Å². The van der Waals surface area contributed by atoms with Crippen LogP contribution in [0, 0.1) is 11.7 Å². The molecule has 0 aliphatic carbocycles. The maximum atomic E-state index is 11.0. The molecule has 0 atom stereocenters. The predicted octanol–water partition coefficient (Wildman–Crippen LogP) is 1.23.